The number of thiazole rings is 1. The summed E-state index contributed by atoms with van der Waals surface area (Å²) in [5, 5.41) is 21.1. The van der Waals surface area contributed by atoms with E-state index in [1.807, 2.05) is 34.6 Å². The highest BCUT2D eigenvalue weighted by atomic mass is 32.2. The molecule has 12 nitrogen and oxygen atoms in total. The molecule has 0 saturated heterocycles. The average molecular weight is 675 g/mol. The molecule has 1 amide bonds. The predicted molar refractivity (Wildman–Crippen MR) is 180 cm³/mol. The van der Waals surface area contributed by atoms with Gasteiger partial charge in [0.05, 0.1) is 26.6 Å². The summed E-state index contributed by atoms with van der Waals surface area (Å²) in [5.74, 6) is 0.546. The topological polar surface area (TPSA) is 165 Å². The van der Waals surface area contributed by atoms with Gasteiger partial charge in [-0.15, -0.1) is 16.4 Å². The molecular weight excluding hydrogens is 629 g/mol. The van der Waals surface area contributed by atoms with Gasteiger partial charge in [-0.05, 0) is 84.8 Å². The lowest BCUT2D eigenvalue weighted by molar-refractivity contribution is 0.109. The molecule has 1 aliphatic rings. The van der Waals surface area contributed by atoms with Gasteiger partial charge < -0.3 is 20.5 Å². The number of anilines is 2. The van der Waals surface area contributed by atoms with Crippen molar-refractivity contribution in [1.29, 1.82) is 0 Å². The number of alkyl carbamates (subject to hydrolysis) is 1. The van der Waals surface area contributed by atoms with Crippen molar-refractivity contribution in [1.82, 2.24) is 24.8 Å². The van der Waals surface area contributed by atoms with E-state index in [0.29, 0.717) is 28.3 Å². The van der Waals surface area contributed by atoms with Crippen LogP contribution in [0.25, 0.3) is 10.4 Å². The second-order valence-corrected chi connectivity index (χ2v) is 16.9. The minimum atomic E-state index is -3.99. The molecule has 14 heteroatoms. The van der Waals surface area contributed by atoms with Gasteiger partial charge in [-0.1, -0.05) is 26.8 Å². The number of rotatable bonds is 8. The molecule has 0 radical (unpaired) electrons. The molecule has 1 saturated carbocycles. The van der Waals surface area contributed by atoms with E-state index in [9.17, 15) is 23.1 Å². The highest BCUT2D eigenvalue weighted by Crippen LogP contribution is 2.41. The van der Waals surface area contributed by atoms with E-state index in [0.717, 1.165) is 40.2 Å². The third-order valence-electron chi connectivity index (χ3n) is 7.55. The Morgan fingerprint density at radius 3 is 2.30 bits per heavy atom. The summed E-state index contributed by atoms with van der Waals surface area (Å²) >= 11 is 1.47. The molecule has 0 spiro atoms. The number of nitrogens with zero attached hydrogens (tertiary/aromatic N) is 3. The van der Waals surface area contributed by atoms with Gasteiger partial charge in [-0.3, -0.25) is 0 Å². The molecule has 0 unspecified atom stereocenters. The van der Waals surface area contributed by atoms with E-state index in [2.05, 4.69) is 20.5 Å². The Morgan fingerprint density at radius 1 is 1.09 bits per heavy atom. The molecule has 4 rings (SSSR count). The van der Waals surface area contributed by atoms with Crippen LogP contribution in [0.5, 0.6) is 0 Å². The zero-order chi connectivity index (χ0) is 34.2. The Labute approximate surface area is 275 Å². The van der Waals surface area contributed by atoms with Gasteiger partial charge in [0, 0.05) is 40.5 Å². The standard InChI is InChI=1S/C32H46N6O6S2/c1-18(2)44-29(39)35-21-12-10-20(11-13-21)28-33-17-24(45-28)23-15-14-22(16-25(23)46(42,43)37-32(7,8)9)34-27-26(31(4,5)6)19(3)38(36-27)30(40)41/h14-18,20-21,37H,10-13H2,1-9H3,(H,34,36)(H,35,39)(H,40,41). The van der Waals surface area contributed by atoms with Crippen LogP contribution in [0.15, 0.2) is 29.3 Å². The Morgan fingerprint density at radius 2 is 1.74 bits per heavy atom. The van der Waals surface area contributed by atoms with Crippen LogP contribution in [0.3, 0.4) is 0 Å². The van der Waals surface area contributed by atoms with Crippen LogP contribution in [-0.2, 0) is 20.2 Å². The monoisotopic (exact) mass is 674 g/mol. The van der Waals surface area contributed by atoms with Crippen molar-refractivity contribution >= 4 is 45.1 Å². The lowest BCUT2D eigenvalue weighted by Crippen LogP contribution is -2.40. The molecular formula is C32H46N6O6S2. The second kappa shape index (κ2) is 13.3. The molecule has 4 N–H and O–H groups in total. The maximum Gasteiger partial charge on any atom is 0.432 e. The first-order chi connectivity index (χ1) is 21.2. The number of hydrogen-bond donors (Lipinski definition) is 4. The number of benzene rings is 1. The Kier molecular flexibility index (Phi) is 10.2. The number of carbonyl (C=O) groups is 2. The van der Waals surface area contributed by atoms with Crippen molar-refractivity contribution < 1.29 is 27.9 Å². The van der Waals surface area contributed by atoms with E-state index in [1.165, 1.54) is 11.3 Å². The van der Waals surface area contributed by atoms with E-state index in [4.69, 9.17) is 9.72 Å². The van der Waals surface area contributed by atoms with Gasteiger partial charge in [-0.2, -0.15) is 4.68 Å². The van der Waals surface area contributed by atoms with Crippen molar-refractivity contribution in [2.75, 3.05) is 5.32 Å². The van der Waals surface area contributed by atoms with Gasteiger partial charge in [0.2, 0.25) is 10.0 Å². The number of carboxylic acid groups (broad SMARTS) is 1. The summed E-state index contributed by atoms with van der Waals surface area (Å²) in [4.78, 5) is 29.4. The molecule has 0 bridgehead atoms. The van der Waals surface area contributed by atoms with Gasteiger partial charge in [-0.25, -0.2) is 27.7 Å². The van der Waals surface area contributed by atoms with Gasteiger partial charge in [0.1, 0.15) is 0 Å². The molecule has 2 heterocycles. The molecule has 0 atom stereocenters. The molecule has 1 fully saturated rings. The van der Waals surface area contributed by atoms with Crippen molar-refractivity contribution in [2.24, 2.45) is 0 Å². The van der Waals surface area contributed by atoms with E-state index in [-0.39, 0.29) is 23.0 Å². The van der Waals surface area contributed by atoms with Crippen molar-refractivity contribution in [3.8, 4) is 10.4 Å². The third kappa shape index (κ3) is 8.45. The largest absolute Gasteiger partial charge is 0.463 e. The first kappa shape index (κ1) is 35.4. The number of aromatic nitrogens is 3. The maximum atomic E-state index is 13.8. The van der Waals surface area contributed by atoms with Crippen LogP contribution in [0.4, 0.5) is 21.1 Å². The summed E-state index contributed by atoms with van der Waals surface area (Å²) in [7, 11) is -3.99. The molecule has 0 aliphatic heterocycles. The van der Waals surface area contributed by atoms with E-state index in [1.54, 1.807) is 52.1 Å². The molecule has 2 aromatic heterocycles. The number of ether oxygens (including phenoxy) is 1. The fourth-order valence-electron chi connectivity index (χ4n) is 5.80. The lowest BCUT2D eigenvalue weighted by Gasteiger charge is -2.28. The summed E-state index contributed by atoms with van der Waals surface area (Å²) < 4.78 is 36.6. The van der Waals surface area contributed by atoms with Crippen LogP contribution in [0, 0.1) is 6.92 Å². The van der Waals surface area contributed by atoms with Crippen LogP contribution < -0.4 is 15.4 Å². The Bertz CT molecular complexity index is 1690. The predicted octanol–water partition coefficient (Wildman–Crippen LogP) is 7.12. The normalized spacial score (nSPS) is 17.6. The maximum absolute atomic E-state index is 13.8. The van der Waals surface area contributed by atoms with E-state index < -0.39 is 33.2 Å². The highest BCUT2D eigenvalue weighted by molar-refractivity contribution is 7.89. The van der Waals surface area contributed by atoms with Gasteiger partial charge in [0.15, 0.2) is 5.82 Å². The van der Waals surface area contributed by atoms with Crippen molar-refractivity contribution in [3.05, 3.63) is 40.7 Å². The zero-order valence-electron chi connectivity index (χ0n) is 28.0. The average Bonchev–Trinajstić information content (AvgIpc) is 3.52. The van der Waals surface area contributed by atoms with Gasteiger partial charge in [0.25, 0.3) is 0 Å². The SMILES string of the molecule is Cc1c(C(C)(C)C)c(Nc2ccc(-c3cnc(C4CCC(NC(=O)OC(C)C)CC4)s3)c(S(=O)(=O)NC(C)(C)C)c2)nn1C(=O)O. The lowest BCUT2D eigenvalue weighted by atomic mass is 9.86. The second-order valence-electron chi connectivity index (χ2n) is 14.2. The van der Waals surface area contributed by atoms with E-state index >= 15 is 0 Å². The minimum absolute atomic E-state index is 0.0478. The highest BCUT2D eigenvalue weighted by Gasteiger charge is 2.31. The summed E-state index contributed by atoms with van der Waals surface area (Å²) in [5.41, 5.74) is 0.993. The molecule has 1 aromatic carbocycles. The number of carbonyl (C=O) groups excluding carboxylic acids is 1. The first-order valence-corrected chi connectivity index (χ1v) is 17.8. The van der Waals surface area contributed by atoms with Crippen LogP contribution in [0.2, 0.25) is 0 Å². The van der Waals surface area contributed by atoms with Gasteiger partial charge >= 0.3 is 12.2 Å². The first-order valence-electron chi connectivity index (χ1n) is 15.5. The molecule has 3 aromatic rings. The summed E-state index contributed by atoms with van der Waals surface area (Å²) in [6.45, 7) is 16.6. The van der Waals surface area contributed by atoms with Crippen LogP contribution in [-0.4, -0.2) is 58.2 Å². The fourth-order valence-corrected chi connectivity index (χ4v) is 8.65. The third-order valence-corrected chi connectivity index (χ3v) is 10.5. The molecule has 252 valence electrons. The summed E-state index contributed by atoms with van der Waals surface area (Å²) in [6, 6.07) is 5.11. The fraction of sp³-hybridized carbons (Fsp3) is 0.562. The number of hydrogen-bond acceptors (Lipinski definition) is 9. The number of amides is 1. The Hall–Kier alpha value is -3.49. The Balaban J connectivity index is 1.65. The summed E-state index contributed by atoms with van der Waals surface area (Å²) in [6.07, 6.45) is 3.23. The zero-order valence-corrected chi connectivity index (χ0v) is 29.6. The van der Waals surface area contributed by atoms with Crippen molar-refractivity contribution in [3.63, 3.8) is 0 Å². The van der Waals surface area contributed by atoms with Crippen LogP contribution >= 0.6 is 11.3 Å². The smallest absolute Gasteiger partial charge is 0.432 e. The number of sulfonamides is 1. The van der Waals surface area contributed by atoms with Crippen LogP contribution in [0.1, 0.15) is 103 Å². The number of nitrogens with one attached hydrogen (secondary N) is 3. The molecule has 1 aliphatic carbocycles. The quantitative estimate of drug-likeness (QED) is 0.195. The van der Waals surface area contributed by atoms with Crippen molar-refractivity contribution in [2.45, 2.75) is 122 Å². The molecule has 46 heavy (non-hydrogen) atoms. The minimum Gasteiger partial charge on any atom is -0.463 e.